The third-order valence-electron chi connectivity index (χ3n) is 5.67. The molecule has 2 fully saturated rings. The van der Waals surface area contributed by atoms with Gasteiger partial charge < -0.3 is 15.3 Å². The van der Waals surface area contributed by atoms with E-state index >= 15 is 0 Å². The summed E-state index contributed by atoms with van der Waals surface area (Å²) in [4.78, 5) is 2.66. The first-order valence-electron chi connectivity index (χ1n) is 8.73. The van der Waals surface area contributed by atoms with E-state index in [0.29, 0.717) is 6.04 Å². The number of rotatable bonds is 8. The second kappa shape index (κ2) is 7.24. The molecule has 0 aromatic carbocycles. The molecule has 118 valence electrons. The zero-order valence-corrected chi connectivity index (χ0v) is 13.7. The maximum atomic E-state index is 9.81. The number of hydrogen-bond donors (Lipinski definition) is 2. The lowest BCUT2D eigenvalue weighted by molar-refractivity contribution is 0.0977. The summed E-state index contributed by atoms with van der Waals surface area (Å²) in [5.41, 5.74) is -0.0220. The van der Waals surface area contributed by atoms with Crippen molar-refractivity contribution in [3.05, 3.63) is 0 Å². The summed E-state index contributed by atoms with van der Waals surface area (Å²) in [5.74, 6) is 0.835. The van der Waals surface area contributed by atoms with Crippen molar-refractivity contribution < 1.29 is 5.11 Å². The molecule has 20 heavy (non-hydrogen) atoms. The first kappa shape index (κ1) is 16.3. The topological polar surface area (TPSA) is 35.5 Å². The van der Waals surface area contributed by atoms with E-state index in [0.717, 1.165) is 24.8 Å². The number of aliphatic hydroxyl groups excluding tert-OH is 1. The van der Waals surface area contributed by atoms with Crippen LogP contribution in [0.5, 0.6) is 0 Å². The van der Waals surface area contributed by atoms with Crippen LogP contribution in [0.15, 0.2) is 0 Å². The lowest BCUT2D eigenvalue weighted by Gasteiger charge is -2.39. The van der Waals surface area contributed by atoms with Gasteiger partial charge in [0.1, 0.15) is 0 Å². The molecule has 0 aromatic rings. The van der Waals surface area contributed by atoms with Crippen molar-refractivity contribution in [1.29, 1.82) is 0 Å². The lowest BCUT2D eigenvalue weighted by Crippen LogP contribution is -2.50. The second-order valence-electron chi connectivity index (χ2n) is 7.21. The monoisotopic (exact) mass is 282 g/mol. The minimum absolute atomic E-state index is 0.0220. The first-order chi connectivity index (χ1) is 9.60. The molecular formula is C17H34N2O. The largest absolute Gasteiger partial charge is 0.394 e. The Morgan fingerprint density at radius 1 is 1.25 bits per heavy atom. The Bertz CT molecular complexity index is 287. The number of piperidine rings is 1. The van der Waals surface area contributed by atoms with Crippen LogP contribution in [-0.2, 0) is 0 Å². The van der Waals surface area contributed by atoms with Crippen LogP contribution in [0, 0.1) is 5.92 Å². The number of aliphatic hydroxyl groups is 1. The zero-order valence-electron chi connectivity index (χ0n) is 13.7. The van der Waals surface area contributed by atoms with Crippen molar-refractivity contribution in [2.45, 2.75) is 83.3 Å². The van der Waals surface area contributed by atoms with Crippen molar-refractivity contribution in [2.24, 2.45) is 5.92 Å². The van der Waals surface area contributed by atoms with Gasteiger partial charge in [-0.25, -0.2) is 0 Å². The third-order valence-corrected chi connectivity index (χ3v) is 5.67. The molecule has 1 saturated carbocycles. The highest BCUT2D eigenvalue weighted by Crippen LogP contribution is 2.28. The summed E-state index contributed by atoms with van der Waals surface area (Å²) >= 11 is 0. The van der Waals surface area contributed by atoms with Crippen LogP contribution in [0.1, 0.15) is 65.7 Å². The van der Waals surface area contributed by atoms with E-state index in [1.807, 2.05) is 0 Å². The van der Waals surface area contributed by atoms with Crippen LogP contribution in [0.2, 0.25) is 0 Å². The van der Waals surface area contributed by atoms with E-state index in [9.17, 15) is 5.11 Å². The fraction of sp³-hybridized carbons (Fsp3) is 1.00. The Hall–Kier alpha value is -0.120. The van der Waals surface area contributed by atoms with Crippen molar-refractivity contribution in [3.8, 4) is 0 Å². The van der Waals surface area contributed by atoms with Gasteiger partial charge in [0.05, 0.1) is 6.61 Å². The molecule has 1 aliphatic heterocycles. The Morgan fingerprint density at radius 2 is 2.00 bits per heavy atom. The van der Waals surface area contributed by atoms with Crippen molar-refractivity contribution in [1.82, 2.24) is 10.2 Å². The average molecular weight is 282 g/mol. The molecule has 0 bridgehead atoms. The van der Waals surface area contributed by atoms with E-state index in [4.69, 9.17) is 0 Å². The molecule has 2 aliphatic rings. The Kier molecular flexibility index (Phi) is 5.88. The van der Waals surface area contributed by atoms with Gasteiger partial charge in [0.25, 0.3) is 0 Å². The minimum Gasteiger partial charge on any atom is -0.394 e. The van der Waals surface area contributed by atoms with Crippen LogP contribution < -0.4 is 5.32 Å². The molecule has 0 radical (unpaired) electrons. The number of nitrogens with zero attached hydrogens (tertiary/aromatic N) is 1. The summed E-state index contributed by atoms with van der Waals surface area (Å²) < 4.78 is 0. The molecule has 3 nitrogen and oxygen atoms in total. The summed E-state index contributed by atoms with van der Waals surface area (Å²) in [6.45, 7) is 9.71. The van der Waals surface area contributed by atoms with Crippen LogP contribution in [0.25, 0.3) is 0 Å². The molecule has 2 N–H and O–H groups in total. The van der Waals surface area contributed by atoms with Crippen molar-refractivity contribution in [3.63, 3.8) is 0 Å². The van der Waals surface area contributed by atoms with Gasteiger partial charge in [-0.15, -0.1) is 0 Å². The molecule has 1 heterocycles. The maximum Gasteiger partial charge on any atom is 0.0613 e. The van der Waals surface area contributed by atoms with Gasteiger partial charge in [-0.2, -0.15) is 0 Å². The molecule has 0 aromatic heterocycles. The van der Waals surface area contributed by atoms with Gasteiger partial charge in [0, 0.05) is 17.6 Å². The summed E-state index contributed by atoms with van der Waals surface area (Å²) in [6.07, 6.45) is 8.66. The molecule has 3 atom stereocenters. The maximum absolute atomic E-state index is 9.81. The normalized spacial score (nSPS) is 31.2. The molecule has 0 amide bonds. The number of likely N-dealkylation sites (tertiary alicyclic amines) is 1. The van der Waals surface area contributed by atoms with E-state index in [2.05, 4.69) is 31.0 Å². The molecule has 3 heteroatoms. The van der Waals surface area contributed by atoms with E-state index in [-0.39, 0.29) is 12.1 Å². The SMILES string of the molecule is CCC(CO)(CCCN1CCCC(C)C1C)NC1CC1. The highest BCUT2D eigenvalue weighted by Gasteiger charge is 2.34. The van der Waals surface area contributed by atoms with Crippen LogP contribution in [0.4, 0.5) is 0 Å². The zero-order chi connectivity index (χ0) is 14.6. The van der Waals surface area contributed by atoms with Gasteiger partial charge in [-0.1, -0.05) is 13.8 Å². The highest BCUT2D eigenvalue weighted by atomic mass is 16.3. The molecule has 1 saturated heterocycles. The standard InChI is InChI=1S/C17H34N2O/c1-4-17(13-20,18-16-8-9-16)10-6-12-19-11-5-7-14(2)15(19)3/h14-16,18,20H,4-13H2,1-3H3. The Balaban J connectivity index is 1.77. The van der Waals surface area contributed by atoms with Gasteiger partial charge in [-0.3, -0.25) is 0 Å². The summed E-state index contributed by atoms with van der Waals surface area (Å²) in [7, 11) is 0. The van der Waals surface area contributed by atoms with Gasteiger partial charge in [-0.05, 0) is 70.9 Å². The summed E-state index contributed by atoms with van der Waals surface area (Å²) in [6, 6.07) is 1.40. The van der Waals surface area contributed by atoms with Gasteiger partial charge >= 0.3 is 0 Å². The van der Waals surface area contributed by atoms with Crippen LogP contribution in [0.3, 0.4) is 0 Å². The van der Waals surface area contributed by atoms with E-state index < -0.39 is 0 Å². The molecule has 0 spiro atoms. The summed E-state index contributed by atoms with van der Waals surface area (Å²) in [5, 5.41) is 13.5. The molecular weight excluding hydrogens is 248 g/mol. The predicted molar refractivity (Wildman–Crippen MR) is 84.9 cm³/mol. The second-order valence-corrected chi connectivity index (χ2v) is 7.21. The Morgan fingerprint density at radius 3 is 2.60 bits per heavy atom. The molecule has 1 aliphatic carbocycles. The van der Waals surface area contributed by atoms with Gasteiger partial charge in [0.2, 0.25) is 0 Å². The van der Waals surface area contributed by atoms with Crippen molar-refractivity contribution >= 4 is 0 Å². The third kappa shape index (κ3) is 4.19. The average Bonchev–Trinajstić information content (AvgIpc) is 3.26. The predicted octanol–water partition coefficient (Wildman–Crippen LogP) is 2.78. The molecule has 3 unspecified atom stereocenters. The fourth-order valence-corrected chi connectivity index (χ4v) is 3.61. The smallest absolute Gasteiger partial charge is 0.0613 e. The van der Waals surface area contributed by atoms with Crippen LogP contribution in [-0.4, -0.2) is 47.3 Å². The number of hydrogen-bond acceptors (Lipinski definition) is 3. The Labute approximate surface area is 125 Å². The lowest BCUT2D eigenvalue weighted by atomic mass is 9.89. The van der Waals surface area contributed by atoms with Crippen LogP contribution >= 0.6 is 0 Å². The van der Waals surface area contributed by atoms with E-state index in [1.54, 1.807) is 0 Å². The quantitative estimate of drug-likeness (QED) is 0.718. The number of nitrogens with one attached hydrogen (secondary N) is 1. The molecule has 2 rings (SSSR count). The van der Waals surface area contributed by atoms with Gasteiger partial charge in [0.15, 0.2) is 0 Å². The first-order valence-corrected chi connectivity index (χ1v) is 8.73. The minimum atomic E-state index is -0.0220. The fourth-order valence-electron chi connectivity index (χ4n) is 3.61. The highest BCUT2D eigenvalue weighted by molar-refractivity contribution is 4.94. The van der Waals surface area contributed by atoms with Crippen molar-refractivity contribution in [2.75, 3.05) is 19.7 Å². The van der Waals surface area contributed by atoms with E-state index in [1.165, 1.54) is 45.2 Å².